The lowest BCUT2D eigenvalue weighted by atomic mass is 10.0. The van der Waals surface area contributed by atoms with E-state index in [0.717, 1.165) is 18.1 Å². The van der Waals surface area contributed by atoms with Crippen molar-refractivity contribution in [2.45, 2.75) is 25.4 Å². The summed E-state index contributed by atoms with van der Waals surface area (Å²) in [5.74, 6) is 2.32. The zero-order chi connectivity index (χ0) is 15.9. The van der Waals surface area contributed by atoms with Crippen LogP contribution in [0.15, 0.2) is 24.3 Å². The lowest BCUT2D eigenvalue weighted by Crippen LogP contribution is -2.42. The molecule has 2 unspecified atom stereocenters. The summed E-state index contributed by atoms with van der Waals surface area (Å²) in [6, 6.07) is 9.05. The number of aryl methyl sites for hydroxylation is 1. The molecule has 1 amide bonds. The summed E-state index contributed by atoms with van der Waals surface area (Å²) in [6.07, 6.45) is 0.570. The van der Waals surface area contributed by atoms with Gasteiger partial charge in [-0.2, -0.15) is 11.8 Å². The Morgan fingerprint density at radius 1 is 1.41 bits per heavy atom. The highest BCUT2D eigenvalue weighted by atomic mass is 32.2. The Kier molecular flexibility index (Phi) is 6.73. The Labute approximate surface area is 138 Å². The van der Waals surface area contributed by atoms with E-state index in [1.54, 1.807) is 0 Å². The molecule has 0 aliphatic carbocycles. The monoisotopic (exact) mass is 321 g/mol. The number of carbonyl (C=O) groups is 1. The molecule has 0 radical (unpaired) electrons. The van der Waals surface area contributed by atoms with Crippen LogP contribution < -0.4 is 10.6 Å². The lowest BCUT2D eigenvalue weighted by molar-refractivity contribution is -0.121. The number of hydrogen-bond donors (Lipinski definition) is 2. The molecule has 1 aromatic carbocycles. The van der Waals surface area contributed by atoms with Crippen molar-refractivity contribution < 1.29 is 4.79 Å². The first kappa shape index (κ1) is 17.3. The molecular formula is C17H27N3OS. The smallest absolute Gasteiger partial charge is 0.221 e. The maximum atomic E-state index is 12.1. The van der Waals surface area contributed by atoms with E-state index in [4.69, 9.17) is 0 Å². The number of benzene rings is 1. The Hall–Kier alpha value is -1.04. The van der Waals surface area contributed by atoms with Crippen LogP contribution in [0.4, 0.5) is 0 Å². The maximum Gasteiger partial charge on any atom is 0.221 e. The third-order valence-electron chi connectivity index (χ3n) is 4.01. The summed E-state index contributed by atoms with van der Waals surface area (Å²) >= 11 is 1.92. The van der Waals surface area contributed by atoms with Gasteiger partial charge in [0.2, 0.25) is 5.91 Å². The molecule has 1 aliphatic heterocycles. The average molecular weight is 321 g/mol. The highest BCUT2D eigenvalue weighted by molar-refractivity contribution is 7.99. The normalized spacial score (nSPS) is 19.9. The second-order valence-corrected chi connectivity index (χ2v) is 7.27. The zero-order valence-electron chi connectivity index (χ0n) is 13.8. The van der Waals surface area contributed by atoms with Crippen molar-refractivity contribution >= 4 is 17.7 Å². The van der Waals surface area contributed by atoms with Crippen molar-refractivity contribution in [3.8, 4) is 0 Å². The Morgan fingerprint density at radius 2 is 2.14 bits per heavy atom. The van der Waals surface area contributed by atoms with Crippen molar-refractivity contribution in [2.75, 3.05) is 38.7 Å². The molecule has 0 saturated carbocycles. The molecule has 0 bridgehead atoms. The number of hydrogen-bond acceptors (Lipinski definition) is 4. The second kappa shape index (κ2) is 8.56. The largest absolute Gasteiger partial charge is 0.354 e. The molecule has 1 saturated heterocycles. The standard InChI is InChI=1S/C17H27N3OS/c1-13-4-6-14(7-5-13)16(20(2)3)11-19-17(21)10-15-12-22-9-8-18-15/h4-7,15-16,18H,8-12H2,1-3H3,(H,19,21). The van der Waals surface area contributed by atoms with E-state index < -0.39 is 0 Å². The van der Waals surface area contributed by atoms with Crippen LogP contribution >= 0.6 is 11.8 Å². The van der Waals surface area contributed by atoms with Gasteiger partial charge in [-0.25, -0.2) is 0 Å². The number of rotatable bonds is 6. The molecule has 1 aliphatic rings. The number of nitrogens with zero attached hydrogens (tertiary/aromatic N) is 1. The molecule has 1 heterocycles. The van der Waals surface area contributed by atoms with E-state index in [-0.39, 0.29) is 11.9 Å². The predicted octanol–water partition coefficient (Wildman–Crippen LogP) is 1.81. The third kappa shape index (κ3) is 5.30. The van der Waals surface area contributed by atoms with Gasteiger partial charge in [-0.05, 0) is 26.6 Å². The van der Waals surface area contributed by atoms with Crippen LogP contribution in [-0.4, -0.2) is 55.5 Å². The van der Waals surface area contributed by atoms with E-state index in [0.29, 0.717) is 19.0 Å². The van der Waals surface area contributed by atoms with Crippen LogP contribution in [0.1, 0.15) is 23.6 Å². The predicted molar refractivity (Wildman–Crippen MR) is 94.3 cm³/mol. The molecule has 1 aromatic rings. The fraction of sp³-hybridized carbons (Fsp3) is 0.588. The van der Waals surface area contributed by atoms with Gasteiger partial charge in [0, 0.05) is 37.1 Å². The van der Waals surface area contributed by atoms with Crippen molar-refractivity contribution in [2.24, 2.45) is 0 Å². The van der Waals surface area contributed by atoms with E-state index in [1.807, 2.05) is 11.8 Å². The van der Waals surface area contributed by atoms with Crippen LogP contribution in [-0.2, 0) is 4.79 Å². The Morgan fingerprint density at radius 3 is 2.73 bits per heavy atom. The SMILES string of the molecule is Cc1ccc(C(CNC(=O)CC2CSCCN2)N(C)C)cc1. The molecule has 2 N–H and O–H groups in total. The van der Waals surface area contributed by atoms with Crippen molar-refractivity contribution in [1.29, 1.82) is 0 Å². The number of carbonyl (C=O) groups excluding carboxylic acids is 1. The first-order chi connectivity index (χ1) is 10.6. The lowest BCUT2D eigenvalue weighted by Gasteiger charge is -2.26. The zero-order valence-corrected chi connectivity index (χ0v) is 14.6. The Bertz CT molecular complexity index is 469. The van der Waals surface area contributed by atoms with Crippen LogP contribution in [0.2, 0.25) is 0 Å². The minimum absolute atomic E-state index is 0.138. The molecule has 5 heteroatoms. The van der Waals surface area contributed by atoms with Crippen molar-refractivity contribution in [1.82, 2.24) is 15.5 Å². The third-order valence-corrected chi connectivity index (χ3v) is 5.14. The highest BCUT2D eigenvalue weighted by Crippen LogP contribution is 2.18. The molecule has 4 nitrogen and oxygen atoms in total. The van der Waals surface area contributed by atoms with Gasteiger partial charge in [0.15, 0.2) is 0 Å². The summed E-state index contributed by atoms with van der Waals surface area (Å²) in [5.41, 5.74) is 2.49. The first-order valence-electron chi connectivity index (χ1n) is 7.87. The van der Waals surface area contributed by atoms with E-state index >= 15 is 0 Å². The summed E-state index contributed by atoms with van der Waals surface area (Å²) in [7, 11) is 4.10. The number of likely N-dealkylation sites (N-methyl/N-ethyl adjacent to an activating group) is 1. The molecule has 0 spiro atoms. The summed E-state index contributed by atoms with van der Waals surface area (Å²) in [4.78, 5) is 14.3. The minimum Gasteiger partial charge on any atom is -0.354 e. The van der Waals surface area contributed by atoms with Crippen LogP contribution in [0.5, 0.6) is 0 Å². The number of thioether (sulfide) groups is 1. The fourth-order valence-electron chi connectivity index (χ4n) is 2.64. The molecule has 122 valence electrons. The summed E-state index contributed by atoms with van der Waals surface area (Å²) in [6.45, 7) is 3.74. The van der Waals surface area contributed by atoms with E-state index in [1.165, 1.54) is 11.1 Å². The summed E-state index contributed by atoms with van der Waals surface area (Å²) < 4.78 is 0. The van der Waals surface area contributed by atoms with Gasteiger partial charge < -0.3 is 15.5 Å². The number of nitrogens with one attached hydrogen (secondary N) is 2. The second-order valence-electron chi connectivity index (χ2n) is 6.12. The number of amides is 1. The molecule has 22 heavy (non-hydrogen) atoms. The molecule has 2 atom stereocenters. The van der Waals surface area contributed by atoms with Gasteiger partial charge in [0.05, 0.1) is 6.04 Å². The van der Waals surface area contributed by atoms with Crippen LogP contribution in [0.3, 0.4) is 0 Å². The van der Waals surface area contributed by atoms with Crippen LogP contribution in [0.25, 0.3) is 0 Å². The molecular weight excluding hydrogens is 294 g/mol. The van der Waals surface area contributed by atoms with E-state index in [9.17, 15) is 4.79 Å². The minimum atomic E-state index is 0.138. The van der Waals surface area contributed by atoms with Gasteiger partial charge in [-0.15, -0.1) is 0 Å². The molecule has 2 rings (SSSR count). The van der Waals surface area contributed by atoms with Gasteiger partial charge in [-0.3, -0.25) is 4.79 Å². The van der Waals surface area contributed by atoms with Gasteiger partial charge in [0.1, 0.15) is 0 Å². The van der Waals surface area contributed by atoms with Crippen molar-refractivity contribution in [3.63, 3.8) is 0 Å². The summed E-state index contributed by atoms with van der Waals surface area (Å²) in [5, 5.41) is 6.50. The van der Waals surface area contributed by atoms with E-state index in [2.05, 4.69) is 60.8 Å². The Balaban J connectivity index is 1.85. The van der Waals surface area contributed by atoms with Gasteiger partial charge in [-0.1, -0.05) is 29.8 Å². The molecule has 1 fully saturated rings. The average Bonchev–Trinajstić information content (AvgIpc) is 2.50. The highest BCUT2D eigenvalue weighted by Gasteiger charge is 2.19. The fourth-order valence-corrected chi connectivity index (χ4v) is 3.59. The maximum absolute atomic E-state index is 12.1. The van der Waals surface area contributed by atoms with Gasteiger partial charge >= 0.3 is 0 Å². The molecule has 0 aromatic heterocycles. The van der Waals surface area contributed by atoms with Crippen molar-refractivity contribution in [3.05, 3.63) is 35.4 Å². The quantitative estimate of drug-likeness (QED) is 0.839. The van der Waals surface area contributed by atoms with Gasteiger partial charge in [0.25, 0.3) is 0 Å². The van der Waals surface area contributed by atoms with Crippen LogP contribution in [0, 0.1) is 6.92 Å². The topological polar surface area (TPSA) is 44.4 Å². The first-order valence-corrected chi connectivity index (χ1v) is 9.02.